The third-order valence-electron chi connectivity index (χ3n) is 2.83. The molecule has 0 amide bonds. The molecule has 0 saturated heterocycles. The van der Waals surface area contributed by atoms with Gasteiger partial charge in [0.1, 0.15) is 17.6 Å². The molecule has 0 bridgehead atoms. The molecule has 1 heterocycles. The molecule has 0 fully saturated rings. The standard InChI is InChI=1S/C16H14FNO3S.Na/c1-9(2)8-21-13-4-3-10(5-11(13)7-18)14-6-12(17)15(22-14)16(19)20;/h3-6,9H,8H2,1-2H3,(H,19,20);/q;+1/p-1. The number of nitriles is 1. The predicted octanol–water partition coefficient (Wildman–Crippen LogP) is -0.172. The first kappa shape index (κ1) is 19.7. The minimum absolute atomic E-state index is 0. The van der Waals surface area contributed by atoms with Gasteiger partial charge in [0.2, 0.25) is 0 Å². The molecule has 4 nitrogen and oxygen atoms in total. The Morgan fingerprint density at radius 3 is 2.65 bits per heavy atom. The Kier molecular flexibility index (Phi) is 7.23. The van der Waals surface area contributed by atoms with E-state index in [1.54, 1.807) is 18.2 Å². The Hall–Kier alpha value is -1.39. The molecule has 0 N–H and O–H groups in total. The van der Waals surface area contributed by atoms with Crippen molar-refractivity contribution in [1.82, 2.24) is 0 Å². The van der Waals surface area contributed by atoms with Crippen LogP contribution >= 0.6 is 11.3 Å². The fourth-order valence-corrected chi connectivity index (χ4v) is 2.67. The molecule has 0 spiro atoms. The summed E-state index contributed by atoms with van der Waals surface area (Å²) in [5, 5.41) is 20.0. The van der Waals surface area contributed by atoms with Crippen molar-refractivity contribution in [2.75, 3.05) is 6.61 Å². The van der Waals surface area contributed by atoms with Gasteiger partial charge >= 0.3 is 29.6 Å². The number of carbonyl (C=O) groups is 1. The van der Waals surface area contributed by atoms with Gasteiger partial charge in [0.05, 0.1) is 23.0 Å². The van der Waals surface area contributed by atoms with Crippen LogP contribution in [-0.4, -0.2) is 12.6 Å². The average Bonchev–Trinajstić information content (AvgIpc) is 2.87. The summed E-state index contributed by atoms with van der Waals surface area (Å²) in [5.74, 6) is -1.61. The van der Waals surface area contributed by atoms with Crippen LogP contribution in [0.1, 0.15) is 29.1 Å². The van der Waals surface area contributed by atoms with Crippen molar-refractivity contribution < 1.29 is 48.6 Å². The average molecular weight is 341 g/mol. The monoisotopic (exact) mass is 341 g/mol. The Morgan fingerprint density at radius 2 is 2.13 bits per heavy atom. The van der Waals surface area contributed by atoms with Crippen molar-refractivity contribution in [3.8, 4) is 22.3 Å². The van der Waals surface area contributed by atoms with Gasteiger partial charge in [-0.3, -0.25) is 0 Å². The van der Waals surface area contributed by atoms with E-state index in [4.69, 9.17) is 4.74 Å². The maximum Gasteiger partial charge on any atom is 1.00 e. The fourth-order valence-electron chi connectivity index (χ4n) is 1.80. The second-order valence-corrected chi connectivity index (χ2v) is 6.15. The van der Waals surface area contributed by atoms with Crippen LogP contribution < -0.4 is 39.4 Å². The first-order valence-electron chi connectivity index (χ1n) is 6.60. The van der Waals surface area contributed by atoms with Gasteiger partial charge in [-0.1, -0.05) is 13.8 Å². The number of hydrogen-bond acceptors (Lipinski definition) is 5. The number of thiophene rings is 1. The number of carboxylic acid groups (broad SMARTS) is 1. The SMILES string of the molecule is CC(C)COc1ccc(-c2cc(F)c(C(=O)[O-])s2)cc1C#N.[Na+]. The van der Waals surface area contributed by atoms with Crippen LogP contribution in [0.5, 0.6) is 5.75 Å². The molecule has 0 aliphatic carbocycles. The van der Waals surface area contributed by atoms with Crippen LogP contribution in [0, 0.1) is 23.1 Å². The number of carbonyl (C=O) groups excluding carboxylic acids is 1. The smallest absolute Gasteiger partial charge is 0.544 e. The zero-order valence-corrected chi connectivity index (χ0v) is 15.9. The van der Waals surface area contributed by atoms with Crippen LogP contribution in [0.2, 0.25) is 0 Å². The van der Waals surface area contributed by atoms with Crippen LogP contribution in [0.3, 0.4) is 0 Å². The van der Waals surface area contributed by atoms with Gasteiger partial charge in [-0.2, -0.15) is 5.26 Å². The van der Waals surface area contributed by atoms with Crippen molar-refractivity contribution in [1.29, 1.82) is 5.26 Å². The summed E-state index contributed by atoms with van der Waals surface area (Å²) in [6.07, 6.45) is 0. The second kappa shape index (κ2) is 8.46. The van der Waals surface area contributed by atoms with Gasteiger partial charge in [-0.25, -0.2) is 4.39 Å². The van der Waals surface area contributed by atoms with Crippen LogP contribution in [-0.2, 0) is 0 Å². The minimum atomic E-state index is -1.55. The number of rotatable bonds is 5. The van der Waals surface area contributed by atoms with Crippen LogP contribution in [0.25, 0.3) is 10.4 Å². The fraction of sp³-hybridized carbons (Fsp3) is 0.250. The summed E-state index contributed by atoms with van der Waals surface area (Å²) in [6.45, 7) is 4.48. The Labute approximate surface area is 159 Å². The number of halogens is 1. The summed E-state index contributed by atoms with van der Waals surface area (Å²) in [6, 6.07) is 8.01. The van der Waals surface area contributed by atoms with E-state index in [1.165, 1.54) is 0 Å². The molecule has 0 unspecified atom stereocenters. The Morgan fingerprint density at radius 1 is 1.43 bits per heavy atom. The zero-order valence-electron chi connectivity index (χ0n) is 13.1. The Bertz CT molecular complexity index is 752. The van der Waals surface area contributed by atoms with E-state index < -0.39 is 16.7 Å². The van der Waals surface area contributed by atoms with Crippen molar-refractivity contribution in [2.24, 2.45) is 5.92 Å². The van der Waals surface area contributed by atoms with Crippen molar-refractivity contribution in [3.63, 3.8) is 0 Å². The van der Waals surface area contributed by atoms with Crippen molar-refractivity contribution in [3.05, 3.63) is 40.5 Å². The molecule has 114 valence electrons. The number of ether oxygens (including phenoxy) is 1. The van der Waals surface area contributed by atoms with Gasteiger partial charge in [-0.15, -0.1) is 11.3 Å². The molecule has 0 radical (unpaired) electrons. The van der Waals surface area contributed by atoms with E-state index >= 15 is 0 Å². The van der Waals surface area contributed by atoms with Crippen molar-refractivity contribution >= 4 is 17.3 Å². The first-order valence-corrected chi connectivity index (χ1v) is 7.42. The van der Waals surface area contributed by atoms with E-state index in [-0.39, 0.29) is 29.6 Å². The maximum atomic E-state index is 13.5. The number of aromatic carboxylic acids is 1. The summed E-state index contributed by atoms with van der Waals surface area (Å²) >= 11 is 0.777. The maximum absolute atomic E-state index is 13.5. The normalized spacial score (nSPS) is 10.0. The summed E-state index contributed by atoms with van der Waals surface area (Å²) in [4.78, 5) is 10.7. The number of nitrogens with zero attached hydrogens (tertiary/aromatic N) is 1. The molecule has 2 aromatic rings. The van der Waals surface area contributed by atoms with Gasteiger partial charge in [0, 0.05) is 4.88 Å². The topological polar surface area (TPSA) is 73.2 Å². The molecule has 0 aliphatic heterocycles. The van der Waals surface area contributed by atoms with Crippen molar-refractivity contribution in [2.45, 2.75) is 13.8 Å². The van der Waals surface area contributed by atoms with E-state index in [1.807, 2.05) is 19.9 Å². The minimum Gasteiger partial charge on any atom is -0.544 e. The van der Waals surface area contributed by atoms with Crippen LogP contribution in [0.4, 0.5) is 4.39 Å². The molecule has 0 aliphatic rings. The molecule has 7 heteroatoms. The number of hydrogen-bond donors (Lipinski definition) is 0. The van der Waals surface area contributed by atoms with Crippen LogP contribution in [0.15, 0.2) is 24.3 Å². The third kappa shape index (κ3) is 4.79. The molecule has 1 aromatic heterocycles. The molecule has 23 heavy (non-hydrogen) atoms. The van der Waals surface area contributed by atoms with Gasteiger partial charge in [0.25, 0.3) is 0 Å². The zero-order chi connectivity index (χ0) is 16.3. The van der Waals surface area contributed by atoms with Gasteiger partial charge in [-0.05, 0) is 35.7 Å². The molecule has 2 rings (SSSR count). The van der Waals surface area contributed by atoms with E-state index in [9.17, 15) is 19.6 Å². The van der Waals surface area contributed by atoms with E-state index in [2.05, 4.69) is 0 Å². The predicted molar refractivity (Wildman–Crippen MR) is 79.1 cm³/mol. The number of benzene rings is 1. The summed E-state index contributed by atoms with van der Waals surface area (Å²) < 4.78 is 19.1. The largest absolute Gasteiger partial charge is 1.00 e. The molecular formula is C16H13FNNaO3S. The molecular weight excluding hydrogens is 328 g/mol. The summed E-state index contributed by atoms with van der Waals surface area (Å²) in [7, 11) is 0. The molecule has 1 aromatic carbocycles. The third-order valence-corrected chi connectivity index (χ3v) is 3.97. The van der Waals surface area contributed by atoms with E-state index in [0.717, 1.165) is 17.4 Å². The summed E-state index contributed by atoms with van der Waals surface area (Å²) in [5.41, 5.74) is 0.881. The number of carboxylic acids is 1. The second-order valence-electron chi connectivity index (χ2n) is 5.10. The van der Waals surface area contributed by atoms with E-state index in [0.29, 0.717) is 34.3 Å². The Balaban J connectivity index is 0.00000264. The molecule has 0 atom stereocenters. The van der Waals surface area contributed by atoms with Gasteiger partial charge in [0.15, 0.2) is 0 Å². The molecule has 0 saturated carbocycles. The quantitative estimate of drug-likeness (QED) is 0.708. The first-order chi connectivity index (χ1) is 10.4. The van der Waals surface area contributed by atoms with Gasteiger partial charge < -0.3 is 14.6 Å².